The molecule has 1 aliphatic rings. The second kappa shape index (κ2) is 7.23. The maximum Gasteiger partial charge on any atom is 0.253 e. The molecule has 104 valence electrons. The number of benzene rings is 1. The Balaban J connectivity index is 2.00. The smallest absolute Gasteiger partial charge is 0.253 e. The van der Waals surface area contributed by atoms with E-state index in [1.54, 1.807) is 12.0 Å². The molecule has 0 bridgehead atoms. The molecule has 0 saturated heterocycles. The normalized spacial score (nSPS) is 14.9. The standard InChI is InChI=1S/C14H20N2O3/c1-18-8-9-19-11-14(17)16-7-6-15-10-12-4-2-3-5-13(12)16/h2-5,15H,6-11H2,1H3. The molecule has 5 nitrogen and oxygen atoms in total. The summed E-state index contributed by atoms with van der Waals surface area (Å²) < 4.78 is 10.2. The van der Waals surface area contributed by atoms with Crippen LogP contribution in [0, 0.1) is 0 Å². The van der Waals surface area contributed by atoms with E-state index in [4.69, 9.17) is 9.47 Å². The lowest BCUT2D eigenvalue weighted by Gasteiger charge is -2.22. The highest BCUT2D eigenvalue weighted by atomic mass is 16.5. The summed E-state index contributed by atoms with van der Waals surface area (Å²) in [4.78, 5) is 14.0. The highest BCUT2D eigenvalue weighted by molar-refractivity contribution is 5.95. The van der Waals surface area contributed by atoms with Crippen molar-refractivity contribution in [3.63, 3.8) is 0 Å². The second-order valence-electron chi connectivity index (χ2n) is 4.40. The minimum Gasteiger partial charge on any atom is -0.382 e. The molecule has 0 saturated carbocycles. The zero-order valence-electron chi connectivity index (χ0n) is 11.2. The third kappa shape index (κ3) is 3.76. The van der Waals surface area contributed by atoms with Gasteiger partial charge < -0.3 is 19.7 Å². The second-order valence-corrected chi connectivity index (χ2v) is 4.40. The van der Waals surface area contributed by atoms with Crippen LogP contribution in [0.5, 0.6) is 0 Å². The molecule has 2 rings (SSSR count). The van der Waals surface area contributed by atoms with Gasteiger partial charge in [0.25, 0.3) is 5.91 Å². The Bertz CT molecular complexity index is 423. The zero-order valence-corrected chi connectivity index (χ0v) is 11.2. The minimum absolute atomic E-state index is 0.00717. The number of methoxy groups -OCH3 is 1. The molecule has 0 atom stereocenters. The zero-order chi connectivity index (χ0) is 13.5. The number of hydrogen-bond acceptors (Lipinski definition) is 4. The summed E-state index contributed by atoms with van der Waals surface area (Å²) in [6.45, 7) is 3.30. The van der Waals surface area contributed by atoms with Crippen LogP contribution in [-0.2, 0) is 20.8 Å². The third-order valence-corrected chi connectivity index (χ3v) is 3.07. The SMILES string of the molecule is COCCOCC(=O)N1CCNCc2ccccc21. The van der Waals surface area contributed by atoms with Gasteiger partial charge in [-0.3, -0.25) is 4.79 Å². The number of hydrogen-bond donors (Lipinski definition) is 1. The first-order valence-electron chi connectivity index (χ1n) is 6.48. The molecule has 5 heteroatoms. The first kappa shape index (κ1) is 14.0. The summed E-state index contributed by atoms with van der Waals surface area (Å²) in [5.41, 5.74) is 2.12. The number of carbonyl (C=O) groups excluding carboxylic acids is 1. The number of nitrogens with zero attached hydrogens (tertiary/aromatic N) is 1. The van der Waals surface area contributed by atoms with Crippen LogP contribution in [0.1, 0.15) is 5.56 Å². The first-order chi connectivity index (χ1) is 9.33. The van der Waals surface area contributed by atoms with E-state index in [1.807, 2.05) is 24.3 Å². The van der Waals surface area contributed by atoms with Crippen molar-refractivity contribution in [1.82, 2.24) is 5.32 Å². The van der Waals surface area contributed by atoms with Gasteiger partial charge >= 0.3 is 0 Å². The molecule has 0 aromatic heterocycles. The van der Waals surface area contributed by atoms with Gasteiger partial charge in [0, 0.05) is 32.4 Å². The molecule has 0 radical (unpaired) electrons. The topological polar surface area (TPSA) is 50.8 Å². The molecule has 1 aliphatic heterocycles. The minimum atomic E-state index is -0.00717. The Kier molecular flexibility index (Phi) is 5.32. The Morgan fingerprint density at radius 2 is 2.21 bits per heavy atom. The van der Waals surface area contributed by atoms with Crippen molar-refractivity contribution in [3.8, 4) is 0 Å². The molecule has 0 spiro atoms. The van der Waals surface area contributed by atoms with Gasteiger partial charge in [0.05, 0.1) is 13.2 Å². The lowest BCUT2D eigenvalue weighted by molar-refractivity contribution is -0.123. The highest BCUT2D eigenvalue weighted by Crippen LogP contribution is 2.22. The van der Waals surface area contributed by atoms with Crippen molar-refractivity contribution >= 4 is 11.6 Å². The molecule has 0 aliphatic carbocycles. The molecule has 19 heavy (non-hydrogen) atoms. The first-order valence-corrected chi connectivity index (χ1v) is 6.48. The maximum atomic E-state index is 12.2. The highest BCUT2D eigenvalue weighted by Gasteiger charge is 2.20. The van der Waals surface area contributed by atoms with Crippen LogP contribution in [0.25, 0.3) is 0 Å². The number of nitrogens with one attached hydrogen (secondary N) is 1. The van der Waals surface area contributed by atoms with Gasteiger partial charge in [0.2, 0.25) is 0 Å². The Hall–Kier alpha value is -1.43. The molecule has 0 fully saturated rings. The number of carbonyl (C=O) groups is 1. The fourth-order valence-corrected chi connectivity index (χ4v) is 2.10. The molecule has 1 heterocycles. The summed E-state index contributed by atoms with van der Waals surface area (Å²) in [5.74, 6) is -0.00717. The van der Waals surface area contributed by atoms with E-state index in [1.165, 1.54) is 0 Å². The van der Waals surface area contributed by atoms with E-state index in [-0.39, 0.29) is 12.5 Å². The number of rotatable bonds is 5. The molecule has 1 N–H and O–H groups in total. The van der Waals surface area contributed by atoms with E-state index < -0.39 is 0 Å². The lowest BCUT2D eigenvalue weighted by Crippen LogP contribution is -2.37. The summed E-state index contributed by atoms with van der Waals surface area (Å²) >= 11 is 0. The fourth-order valence-electron chi connectivity index (χ4n) is 2.10. The van der Waals surface area contributed by atoms with Gasteiger partial charge in [-0.25, -0.2) is 0 Å². The van der Waals surface area contributed by atoms with E-state index in [0.717, 1.165) is 24.3 Å². The molecular weight excluding hydrogens is 244 g/mol. The summed E-state index contributed by atoms with van der Waals surface area (Å²) in [5, 5.41) is 3.31. The van der Waals surface area contributed by atoms with E-state index in [0.29, 0.717) is 19.8 Å². The van der Waals surface area contributed by atoms with E-state index in [9.17, 15) is 4.79 Å². The van der Waals surface area contributed by atoms with Gasteiger partial charge in [-0.1, -0.05) is 18.2 Å². The number of amides is 1. The number of fused-ring (bicyclic) bond motifs is 1. The molecular formula is C14H20N2O3. The van der Waals surface area contributed by atoms with Crippen LogP contribution in [-0.4, -0.2) is 45.9 Å². The van der Waals surface area contributed by atoms with Crippen LogP contribution in [0.4, 0.5) is 5.69 Å². The Morgan fingerprint density at radius 3 is 3.05 bits per heavy atom. The van der Waals surface area contributed by atoms with Crippen molar-refractivity contribution in [1.29, 1.82) is 0 Å². The van der Waals surface area contributed by atoms with E-state index in [2.05, 4.69) is 5.32 Å². The lowest BCUT2D eigenvalue weighted by atomic mass is 10.1. The quantitative estimate of drug-likeness (QED) is 0.799. The summed E-state index contributed by atoms with van der Waals surface area (Å²) in [7, 11) is 1.61. The molecule has 1 aromatic carbocycles. The molecule has 1 aromatic rings. The van der Waals surface area contributed by atoms with Crippen molar-refractivity contribution in [2.75, 3.05) is 44.9 Å². The average molecular weight is 264 g/mol. The number of anilines is 1. The van der Waals surface area contributed by atoms with Gasteiger partial charge in [-0.05, 0) is 11.6 Å². The largest absolute Gasteiger partial charge is 0.382 e. The number of ether oxygens (including phenoxy) is 2. The van der Waals surface area contributed by atoms with Crippen LogP contribution >= 0.6 is 0 Å². The van der Waals surface area contributed by atoms with Crippen molar-refractivity contribution in [2.45, 2.75) is 6.54 Å². The molecule has 0 unspecified atom stereocenters. The monoisotopic (exact) mass is 264 g/mol. The molecule has 1 amide bonds. The van der Waals surface area contributed by atoms with Gasteiger partial charge in [0.15, 0.2) is 0 Å². The predicted molar refractivity (Wildman–Crippen MR) is 73.2 cm³/mol. The van der Waals surface area contributed by atoms with Crippen LogP contribution in [0.3, 0.4) is 0 Å². The number of para-hydroxylation sites is 1. The van der Waals surface area contributed by atoms with E-state index >= 15 is 0 Å². The third-order valence-electron chi connectivity index (χ3n) is 3.07. The van der Waals surface area contributed by atoms with Crippen molar-refractivity contribution < 1.29 is 14.3 Å². The summed E-state index contributed by atoms with van der Waals surface area (Å²) in [6.07, 6.45) is 0. The summed E-state index contributed by atoms with van der Waals surface area (Å²) in [6, 6.07) is 7.97. The van der Waals surface area contributed by atoms with Gasteiger partial charge in [-0.2, -0.15) is 0 Å². The van der Waals surface area contributed by atoms with Crippen LogP contribution in [0.15, 0.2) is 24.3 Å². The van der Waals surface area contributed by atoms with Gasteiger partial charge in [-0.15, -0.1) is 0 Å². The Labute approximate surface area is 113 Å². The van der Waals surface area contributed by atoms with Crippen LogP contribution < -0.4 is 10.2 Å². The van der Waals surface area contributed by atoms with Gasteiger partial charge in [0.1, 0.15) is 6.61 Å². The predicted octanol–water partition coefficient (Wildman–Crippen LogP) is 0.786. The van der Waals surface area contributed by atoms with Crippen molar-refractivity contribution in [2.24, 2.45) is 0 Å². The van der Waals surface area contributed by atoms with Crippen LogP contribution in [0.2, 0.25) is 0 Å². The van der Waals surface area contributed by atoms with Crippen molar-refractivity contribution in [3.05, 3.63) is 29.8 Å². The maximum absolute atomic E-state index is 12.2. The Morgan fingerprint density at radius 1 is 1.37 bits per heavy atom. The fraction of sp³-hybridized carbons (Fsp3) is 0.500. The average Bonchev–Trinajstić information content (AvgIpc) is 2.66.